The van der Waals surface area contributed by atoms with Crippen molar-refractivity contribution in [2.75, 3.05) is 32.8 Å². The minimum absolute atomic E-state index is 0.0799. The van der Waals surface area contributed by atoms with E-state index in [0.717, 1.165) is 5.56 Å². The minimum Gasteiger partial charge on any atom is -0.493 e. The highest BCUT2D eigenvalue weighted by atomic mass is 16.5. The van der Waals surface area contributed by atoms with Gasteiger partial charge in [0, 0.05) is 19.5 Å². The number of nitrogens with zero attached hydrogens (tertiary/aromatic N) is 1. The topological polar surface area (TPSA) is 67.9 Å². The summed E-state index contributed by atoms with van der Waals surface area (Å²) >= 11 is 0. The van der Waals surface area contributed by atoms with Crippen molar-refractivity contribution in [3.8, 4) is 5.75 Å². The molecule has 0 bridgehead atoms. The lowest BCUT2D eigenvalue weighted by molar-refractivity contribution is -0.139. The molecule has 1 aliphatic heterocycles. The van der Waals surface area contributed by atoms with Crippen LogP contribution in [0, 0.1) is 0 Å². The number of hydrogen-bond acceptors (Lipinski definition) is 4. The molecule has 6 heteroatoms. The van der Waals surface area contributed by atoms with Crippen LogP contribution >= 0.6 is 0 Å². The number of benzene rings is 2. The van der Waals surface area contributed by atoms with E-state index >= 15 is 0 Å². The van der Waals surface area contributed by atoms with Gasteiger partial charge >= 0.3 is 0 Å². The van der Waals surface area contributed by atoms with Crippen molar-refractivity contribution < 1.29 is 19.1 Å². The number of amides is 2. The first-order valence-electron chi connectivity index (χ1n) is 10.1. The molecule has 1 N–H and O–H groups in total. The van der Waals surface area contributed by atoms with Crippen molar-refractivity contribution in [1.29, 1.82) is 0 Å². The zero-order valence-corrected chi connectivity index (χ0v) is 16.8. The van der Waals surface area contributed by atoms with Crippen LogP contribution in [0.15, 0.2) is 54.6 Å². The smallest absolute Gasteiger partial charge is 0.255 e. The number of morpholine rings is 1. The molecule has 3 rings (SSSR count). The lowest BCUT2D eigenvalue weighted by atomic mass is 10.1. The monoisotopic (exact) mass is 396 g/mol. The fourth-order valence-corrected chi connectivity index (χ4v) is 3.38. The Labute approximate surface area is 171 Å². The third-order valence-electron chi connectivity index (χ3n) is 4.88. The van der Waals surface area contributed by atoms with E-state index in [2.05, 4.69) is 5.32 Å². The van der Waals surface area contributed by atoms with Crippen molar-refractivity contribution in [3.63, 3.8) is 0 Å². The lowest BCUT2D eigenvalue weighted by Gasteiger charge is -2.33. The maximum absolute atomic E-state index is 12.6. The first kappa shape index (κ1) is 20.9. The van der Waals surface area contributed by atoms with Gasteiger partial charge in [0.2, 0.25) is 5.91 Å². The van der Waals surface area contributed by atoms with E-state index in [1.54, 1.807) is 12.1 Å². The fourth-order valence-electron chi connectivity index (χ4n) is 3.38. The Hall–Kier alpha value is -2.86. The van der Waals surface area contributed by atoms with E-state index < -0.39 is 0 Å². The van der Waals surface area contributed by atoms with Crippen molar-refractivity contribution in [1.82, 2.24) is 10.2 Å². The van der Waals surface area contributed by atoms with Crippen LogP contribution in [0.25, 0.3) is 0 Å². The summed E-state index contributed by atoms with van der Waals surface area (Å²) in [6, 6.07) is 17.1. The first-order chi connectivity index (χ1) is 14.2. The molecular weight excluding hydrogens is 368 g/mol. The third-order valence-corrected chi connectivity index (χ3v) is 4.88. The lowest BCUT2D eigenvalue weighted by Crippen LogP contribution is -2.42. The Morgan fingerprint density at radius 3 is 2.69 bits per heavy atom. The standard InChI is InChI=1S/C23H28N2O4/c1-2-28-20-12-7-6-11-19(20)23(27)24-14-8-13-22(26)25-15-16-29-21(17-25)18-9-4-3-5-10-18/h3-7,9-12,21H,2,8,13-17H2,1H3,(H,24,27). The Balaban J connectivity index is 1.43. The molecule has 1 fully saturated rings. The molecule has 1 unspecified atom stereocenters. The number of ether oxygens (including phenoxy) is 2. The van der Waals surface area contributed by atoms with Gasteiger partial charge in [-0.2, -0.15) is 0 Å². The van der Waals surface area contributed by atoms with E-state index in [-0.39, 0.29) is 17.9 Å². The van der Waals surface area contributed by atoms with E-state index in [4.69, 9.17) is 9.47 Å². The molecule has 2 aromatic rings. The van der Waals surface area contributed by atoms with Gasteiger partial charge in [0.25, 0.3) is 5.91 Å². The molecule has 0 aromatic heterocycles. The molecule has 1 heterocycles. The molecular formula is C23H28N2O4. The highest BCUT2D eigenvalue weighted by molar-refractivity contribution is 5.96. The van der Waals surface area contributed by atoms with Crippen molar-refractivity contribution in [3.05, 3.63) is 65.7 Å². The largest absolute Gasteiger partial charge is 0.493 e. The summed E-state index contributed by atoms with van der Waals surface area (Å²) in [7, 11) is 0. The molecule has 1 atom stereocenters. The number of nitrogens with one attached hydrogen (secondary N) is 1. The van der Waals surface area contributed by atoms with Crippen LogP contribution in [0.5, 0.6) is 5.75 Å². The molecule has 2 amide bonds. The summed E-state index contributed by atoms with van der Waals surface area (Å²) in [6.07, 6.45) is 0.910. The predicted molar refractivity (Wildman–Crippen MR) is 111 cm³/mol. The number of carbonyl (C=O) groups is 2. The fraction of sp³-hybridized carbons (Fsp3) is 0.391. The van der Waals surface area contributed by atoms with Gasteiger partial charge in [0.05, 0.1) is 25.3 Å². The van der Waals surface area contributed by atoms with Crippen LogP contribution < -0.4 is 10.1 Å². The quantitative estimate of drug-likeness (QED) is 0.696. The summed E-state index contributed by atoms with van der Waals surface area (Å²) in [5, 5.41) is 2.88. The van der Waals surface area contributed by atoms with Gasteiger partial charge in [-0.3, -0.25) is 9.59 Å². The van der Waals surface area contributed by atoms with E-state index in [1.165, 1.54) is 0 Å². The van der Waals surface area contributed by atoms with Crippen LogP contribution in [0.4, 0.5) is 0 Å². The normalized spacial score (nSPS) is 16.3. The van der Waals surface area contributed by atoms with Crippen LogP contribution in [-0.2, 0) is 9.53 Å². The molecule has 6 nitrogen and oxygen atoms in total. The maximum atomic E-state index is 12.6. The third kappa shape index (κ3) is 5.81. The van der Waals surface area contributed by atoms with Gasteiger partial charge in [-0.1, -0.05) is 42.5 Å². The summed E-state index contributed by atoms with van der Waals surface area (Å²) < 4.78 is 11.3. The average Bonchev–Trinajstić information content (AvgIpc) is 2.77. The van der Waals surface area contributed by atoms with E-state index in [0.29, 0.717) is 57.0 Å². The van der Waals surface area contributed by atoms with Crippen molar-refractivity contribution >= 4 is 11.8 Å². The number of hydrogen-bond donors (Lipinski definition) is 1. The van der Waals surface area contributed by atoms with Crippen LogP contribution in [0.2, 0.25) is 0 Å². The molecule has 0 spiro atoms. The van der Waals surface area contributed by atoms with Crippen LogP contribution in [0.1, 0.15) is 41.8 Å². The minimum atomic E-state index is -0.183. The Morgan fingerprint density at radius 1 is 1.14 bits per heavy atom. The maximum Gasteiger partial charge on any atom is 0.255 e. The molecule has 154 valence electrons. The SMILES string of the molecule is CCOc1ccccc1C(=O)NCCCC(=O)N1CCOC(c2ccccc2)C1. The number of para-hydroxylation sites is 1. The Morgan fingerprint density at radius 2 is 1.90 bits per heavy atom. The number of rotatable bonds is 8. The second-order valence-electron chi connectivity index (χ2n) is 6.90. The van der Waals surface area contributed by atoms with E-state index in [9.17, 15) is 9.59 Å². The van der Waals surface area contributed by atoms with Gasteiger partial charge in [0.15, 0.2) is 0 Å². The van der Waals surface area contributed by atoms with Gasteiger partial charge < -0.3 is 19.7 Å². The molecule has 0 radical (unpaired) electrons. The van der Waals surface area contributed by atoms with Gasteiger partial charge in [0.1, 0.15) is 11.9 Å². The molecule has 1 aliphatic rings. The van der Waals surface area contributed by atoms with Gasteiger partial charge in [-0.05, 0) is 31.0 Å². The summed E-state index contributed by atoms with van der Waals surface area (Å²) in [6.45, 7) is 4.54. The molecule has 0 aliphatic carbocycles. The molecule has 29 heavy (non-hydrogen) atoms. The zero-order valence-electron chi connectivity index (χ0n) is 16.8. The van der Waals surface area contributed by atoms with Gasteiger partial charge in [-0.25, -0.2) is 0 Å². The first-order valence-corrected chi connectivity index (χ1v) is 10.1. The highest BCUT2D eigenvalue weighted by Crippen LogP contribution is 2.22. The van der Waals surface area contributed by atoms with Crippen LogP contribution in [0.3, 0.4) is 0 Å². The Bertz CT molecular complexity index is 810. The molecule has 0 saturated carbocycles. The molecule has 1 saturated heterocycles. The predicted octanol–water partition coefficient (Wildman–Crippen LogP) is 3.20. The van der Waals surface area contributed by atoms with Crippen molar-refractivity contribution in [2.24, 2.45) is 0 Å². The Kier molecular flexibility index (Phi) is 7.64. The summed E-state index contributed by atoms with van der Waals surface area (Å²) in [4.78, 5) is 26.8. The highest BCUT2D eigenvalue weighted by Gasteiger charge is 2.24. The average molecular weight is 396 g/mol. The van der Waals surface area contributed by atoms with Crippen LogP contribution in [-0.4, -0.2) is 49.6 Å². The number of carbonyl (C=O) groups excluding carboxylic acids is 2. The summed E-state index contributed by atoms with van der Waals surface area (Å²) in [5.41, 5.74) is 1.60. The summed E-state index contributed by atoms with van der Waals surface area (Å²) in [5.74, 6) is 0.485. The molecule has 2 aromatic carbocycles. The second-order valence-corrected chi connectivity index (χ2v) is 6.90. The van der Waals surface area contributed by atoms with Crippen molar-refractivity contribution in [2.45, 2.75) is 25.9 Å². The van der Waals surface area contributed by atoms with Gasteiger partial charge in [-0.15, -0.1) is 0 Å². The zero-order chi connectivity index (χ0) is 20.5. The second kappa shape index (κ2) is 10.6. The van der Waals surface area contributed by atoms with E-state index in [1.807, 2.05) is 54.3 Å².